The second-order valence-corrected chi connectivity index (χ2v) is 6.33. The SMILES string of the molecule is O=[N+]([O-])c1ccc(N/N=C/[C@@H](c2ccccc2)c2ccsc2)c([N+](=O)[O-])c1. The molecule has 8 nitrogen and oxygen atoms in total. The lowest BCUT2D eigenvalue weighted by Crippen LogP contribution is -2.04. The highest BCUT2D eigenvalue weighted by Gasteiger charge is 2.19. The number of nitro groups is 2. The number of non-ortho nitro benzene ring substituents is 1. The molecule has 136 valence electrons. The average molecular weight is 382 g/mol. The van der Waals surface area contributed by atoms with Gasteiger partial charge in [-0.25, -0.2) is 0 Å². The molecule has 1 heterocycles. The molecule has 0 unspecified atom stereocenters. The van der Waals surface area contributed by atoms with E-state index in [1.165, 1.54) is 12.1 Å². The molecule has 0 radical (unpaired) electrons. The van der Waals surface area contributed by atoms with E-state index in [2.05, 4.69) is 10.5 Å². The number of nitrogens with zero attached hydrogens (tertiary/aromatic N) is 3. The highest BCUT2D eigenvalue weighted by molar-refractivity contribution is 7.08. The predicted octanol–water partition coefficient (Wildman–Crippen LogP) is 4.79. The number of benzene rings is 2. The lowest BCUT2D eigenvalue weighted by Gasteiger charge is -2.11. The molecule has 1 aromatic heterocycles. The maximum atomic E-state index is 11.2. The zero-order chi connectivity index (χ0) is 19.2. The van der Waals surface area contributed by atoms with Gasteiger partial charge in [0.05, 0.1) is 15.9 Å². The minimum atomic E-state index is -0.682. The van der Waals surface area contributed by atoms with Crippen molar-refractivity contribution in [2.75, 3.05) is 5.43 Å². The Balaban J connectivity index is 1.87. The summed E-state index contributed by atoms with van der Waals surface area (Å²) in [6, 6.07) is 15.1. The third-order valence-corrected chi connectivity index (χ3v) is 4.56. The van der Waals surface area contributed by atoms with Crippen molar-refractivity contribution in [1.82, 2.24) is 0 Å². The zero-order valence-corrected chi connectivity index (χ0v) is 14.7. The van der Waals surface area contributed by atoms with Crippen molar-refractivity contribution in [3.05, 3.63) is 96.7 Å². The van der Waals surface area contributed by atoms with Gasteiger partial charge < -0.3 is 0 Å². The minimum Gasteiger partial charge on any atom is -0.272 e. The Morgan fingerprint density at radius 3 is 2.41 bits per heavy atom. The molecule has 0 aliphatic carbocycles. The predicted molar refractivity (Wildman–Crippen MR) is 104 cm³/mol. The molecule has 3 rings (SSSR count). The first-order valence-corrected chi connectivity index (χ1v) is 8.79. The number of nitro benzene ring substituents is 2. The maximum absolute atomic E-state index is 11.2. The first-order chi connectivity index (χ1) is 13.1. The average Bonchev–Trinajstić information content (AvgIpc) is 3.20. The number of thiophene rings is 1. The fourth-order valence-corrected chi connectivity index (χ4v) is 3.23. The van der Waals surface area contributed by atoms with Crippen LogP contribution in [0.5, 0.6) is 0 Å². The van der Waals surface area contributed by atoms with Gasteiger partial charge in [-0.15, -0.1) is 0 Å². The Morgan fingerprint density at radius 1 is 1.00 bits per heavy atom. The van der Waals surface area contributed by atoms with Crippen molar-refractivity contribution in [3.63, 3.8) is 0 Å². The van der Waals surface area contributed by atoms with E-state index in [9.17, 15) is 20.2 Å². The van der Waals surface area contributed by atoms with Crippen LogP contribution in [0.15, 0.2) is 70.5 Å². The summed E-state index contributed by atoms with van der Waals surface area (Å²) in [6.07, 6.45) is 1.66. The number of hydrazone groups is 1. The molecular weight excluding hydrogens is 368 g/mol. The van der Waals surface area contributed by atoms with Crippen LogP contribution in [0.3, 0.4) is 0 Å². The molecule has 27 heavy (non-hydrogen) atoms. The molecular formula is C18H14N4O4S. The first kappa shape index (κ1) is 18.2. The van der Waals surface area contributed by atoms with Gasteiger partial charge in [-0.2, -0.15) is 16.4 Å². The second kappa shape index (κ2) is 8.19. The molecule has 2 aromatic carbocycles. The molecule has 0 bridgehead atoms. The standard InChI is InChI=1S/C18H14N4O4S/c23-21(24)15-6-7-17(18(10-15)22(25)26)20-19-11-16(14-8-9-27-12-14)13-4-2-1-3-5-13/h1-12,16,20H/b19-11+/t16-/m0/s1. The zero-order valence-electron chi connectivity index (χ0n) is 13.9. The molecule has 0 saturated carbocycles. The van der Waals surface area contributed by atoms with Crippen LogP contribution >= 0.6 is 11.3 Å². The highest BCUT2D eigenvalue weighted by atomic mass is 32.1. The smallest absolute Gasteiger partial charge is 0.272 e. The van der Waals surface area contributed by atoms with Crippen molar-refractivity contribution in [2.45, 2.75) is 5.92 Å². The van der Waals surface area contributed by atoms with Crippen LogP contribution in [0.1, 0.15) is 17.0 Å². The van der Waals surface area contributed by atoms with E-state index in [1.807, 2.05) is 47.2 Å². The van der Waals surface area contributed by atoms with E-state index in [4.69, 9.17) is 0 Å². The van der Waals surface area contributed by atoms with Crippen LogP contribution in [-0.4, -0.2) is 16.1 Å². The molecule has 0 spiro atoms. The van der Waals surface area contributed by atoms with Gasteiger partial charge in [0.15, 0.2) is 0 Å². The lowest BCUT2D eigenvalue weighted by atomic mass is 9.95. The molecule has 0 saturated heterocycles. The van der Waals surface area contributed by atoms with E-state index in [-0.39, 0.29) is 17.3 Å². The summed E-state index contributed by atoms with van der Waals surface area (Å²) in [6.45, 7) is 0. The Labute approximate surface area is 158 Å². The number of hydrogen-bond acceptors (Lipinski definition) is 7. The van der Waals surface area contributed by atoms with E-state index in [0.29, 0.717) is 0 Å². The van der Waals surface area contributed by atoms with Crippen molar-refractivity contribution >= 4 is 34.6 Å². The van der Waals surface area contributed by atoms with Gasteiger partial charge in [0.25, 0.3) is 5.69 Å². The summed E-state index contributed by atoms with van der Waals surface area (Å²) < 4.78 is 0. The summed E-state index contributed by atoms with van der Waals surface area (Å²) in [7, 11) is 0. The van der Waals surface area contributed by atoms with Crippen LogP contribution in [0.2, 0.25) is 0 Å². The fourth-order valence-electron chi connectivity index (χ4n) is 2.54. The summed E-state index contributed by atoms with van der Waals surface area (Å²) in [5.41, 5.74) is 4.03. The quantitative estimate of drug-likeness (QED) is 0.359. The van der Waals surface area contributed by atoms with Crippen LogP contribution in [0.4, 0.5) is 17.1 Å². The normalized spacial score (nSPS) is 12.0. The van der Waals surface area contributed by atoms with Crippen molar-refractivity contribution in [2.24, 2.45) is 5.10 Å². The van der Waals surface area contributed by atoms with Crippen LogP contribution in [0.25, 0.3) is 0 Å². The number of anilines is 1. The largest absolute Gasteiger partial charge is 0.301 e. The van der Waals surface area contributed by atoms with E-state index in [0.717, 1.165) is 17.2 Å². The van der Waals surface area contributed by atoms with Crippen LogP contribution < -0.4 is 5.43 Å². The van der Waals surface area contributed by atoms with Crippen molar-refractivity contribution in [3.8, 4) is 0 Å². The molecule has 0 aliphatic heterocycles. The third-order valence-electron chi connectivity index (χ3n) is 3.86. The first-order valence-electron chi connectivity index (χ1n) is 7.85. The van der Waals surface area contributed by atoms with E-state index >= 15 is 0 Å². The Morgan fingerprint density at radius 2 is 1.78 bits per heavy atom. The Bertz CT molecular complexity index is 974. The molecule has 9 heteroatoms. The molecule has 3 aromatic rings. The van der Waals surface area contributed by atoms with Gasteiger partial charge in [-0.1, -0.05) is 30.3 Å². The van der Waals surface area contributed by atoms with Gasteiger partial charge in [0, 0.05) is 18.2 Å². The second-order valence-electron chi connectivity index (χ2n) is 5.55. The van der Waals surface area contributed by atoms with Crippen LogP contribution in [-0.2, 0) is 0 Å². The van der Waals surface area contributed by atoms with E-state index in [1.54, 1.807) is 17.6 Å². The van der Waals surface area contributed by atoms with Gasteiger partial charge in [0.2, 0.25) is 0 Å². The third kappa shape index (κ3) is 4.33. The number of rotatable bonds is 7. The van der Waals surface area contributed by atoms with Crippen LogP contribution in [0, 0.1) is 20.2 Å². The highest BCUT2D eigenvalue weighted by Crippen LogP contribution is 2.29. The van der Waals surface area contributed by atoms with Gasteiger partial charge in [-0.3, -0.25) is 25.7 Å². The maximum Gasteiger partial charge on any atom is 0.301 e. The fraction of sp³-hybridized carbons (Fsp3) is 0.0556. The molecule has 1 atom stereocenters. The summed E-state index contributed by atoms with van der Waals surface area (Å²) in [5.74, 6) is -0.123. The monoisotopic (exact) mass is 382 g/mol. The Kier molecular flexibility index (Phi) is 5.53. The lowest BCUT2D eigenvalue weighted by molar-refractivity contribution is -0.393. The van der Waals surface area contributed by atoms with Gasteiger partial charge >= 0.3 is 5.69 Å². The topological polar surface area (TPSA) is 111 Å². The Hall–Kier alpha value is -3.59. The molecule has 1 N–H and O–H groups in total. The number of nitrogens with one attached hydrogen (secondary N) is 1. The van der Waals surface area contributed by atoms with Crippen molar-refractivity contribution < 1.29 is 9.85 Å². The van der Waals surface area contributed by atoms with Gasteiger partial charge in [0.1, 0.15) is 5.69 Å². The molecule has 0 fully saturated rings. The summed E-state index contributed by atoms with van der Waals surface area (Å²) in [5, 5.41) is 30.1. The summed E-state index contributed by atoms with van der Waals surface area (Å²) in [4.78, 5) is 20.6. The van der Waals surface area contributed by atoms with E-state index < -0.39 is 15.5 Å². The number of hydrogen-bond donors (Lipinski definition) is 1. The minimum absolute atomic E-state index is 0.0824. The molecule has 0 aliphatic rings. The molecule has 0 amide bonds. The summed E-state index contributed by atoms with van der Waals surface area (Å²) >= 11 is 1.57. The van der Waals surface area contributed by atoms with Gasteiger partial charge in [-0.05, 0) is 34.0 Å². The van der Waals surface area contributed by atoms with Crippen molar-refractivity contribution in [1.29, 1.82) is 0 Å².